The second kappa shape index (κ2) is 7.62. The standard InChI is InChI=1S/C18H26N2O3.ClH/c1-12-8-15(22-2)16(23-3)9-14(12)20-17(21)18-7-5-4-6-13(18)10-19-11-18;/h8-9,13,19H,4-7,10-11H2,1-3H3,(H,20,21);1H/t13-,18+;/m0./s1. The van der Waals surface area contributed by atoms with Gasteiger partial charge in [0.2, 0.25) is 5.91 Å². The van der Waals surface area contributed by atoms with Crippen molar-refractivity contribution in [2.24, 2.45) is 11.3 Å². The Morgan fingerprint density at radius 3 is 2.67 bits per heavy atom. The van der Waals surface area contributed by atoms with Crippen LogP contribution < -0.4 is 20.1 Å². The SMILES string of the molecule is COc1cc(C)c(NC(=O)[C@@]23CCCC[C@H]2CNC3)cc1OC.Cl. The van der Waals surface area contributed by atoms with Gasteiger partial charge in [-0.15, -0.1) is 12.4 Å². The Labute approximate surface area is 149 Å². The molecule has 5 nitrogen and oxygen atoms in total. The molecule has 0 radical (unpaired) electrons. The summed E-state index contributed by atoms with van der Waals surface area (Å²) in [5, 5.41) is 6.58. The monoisotopic (exact) mass is 354 g/mol. The summed E-state index contributed by atoms with van der Waals surface area (Å²) in [6, 6.07) is 3.75. The number of aryl methyl sites for hydroxylation is 1. The van der Waals surface area contributed by atoms with E-state index in [4.69, 9.17) is 9.47 Å². The maximum Gasteiger partial charge on any atom is 0.232 e. The van der Waals surface area contributed by atoms with Crippen molar-refractivity contribution in [2.45, 2.75) is 32.6 Å². The maximum atomic E-state index is 13.1. The molecular weight excluding hydrogens is 328 g/mol. The summed E-state index contributed by atoms with van der Waals surface area (Å²) in [6.45, 7) is 3.72. The quantitative estimate of drug-likeness (QED) is 0.872. The fourth-order valence-corrected chi connectivity index (χ4v) is 4.05. The largest absolute Gasteiger partial charge is 0.493 e. The molecule has 2 fully saturated rings. The molecule has 2 atom stereocenters. The third kappa shape index (κ3) is 3.20. The first-order chi connectivity index (χ1) is 11.1. The van der Waals surface area contributed by atoms with E-state index in [0.29, 0.717) is 17.4 Å². The highest BCUT2D eigenvalue weighted by Gasteiger charge is 2.49. The van der Waals surface area contributed by atoms with Crippen molar-refractivity contribution in [3.8, 4) is 11.5 Å². The molecular formula is C18H27ClN2O3. The first-order valence-electron chi connectivity index (χ1n) is 8.35. The smallest absolute Gasteiger partial charge is 0.232 e. The number of methoxy groups -OCH3 is 2. The third-order valence-electron chi connectivity index (χ3n) is 5.47. The Hall–Kier alpha value is -1.46. The van der Waals surface area contributed by atoms with Gasteiger partial charge >= 0.3 is 0 Å². The molecule has 3 rings (SSSR count). The molecule has 1 aliphatic carbocycles. The Balaban J connectivity index is 0.00000208. The minimum atomic E-state index is -0.252. The van der Waals surface area contributed by atoms with E-state index in [9.17, 15) is 4.79 Å². The van der Waals surface area contributed by atoms with Gasteiger partial charge in [-0.3, -0.25) is 4.79 Å². The number of nitrogens with one attached hydrogen (secondary N) is 2. The summed E-state index contributed by atoms with van der Waals surface area (Å²) in [5.41, 5.74) is 1.53. The molecule has 24 heavy (non-hydrogen) atoms. The minimum Gasteiger partial charge on any atom is -0.493 e. The van der Waals surface area contributed by atoms with Gasteiger partial charge in [-0.2, -0.15) is 0 Å². The topological polar surface area (TPSA) is 59.6 Å². The van der Waals surface area contributed by atoms with Gasteiger partial charge in [0.1, 0.15) is 0 Å². The number of ether oxygens (including phenoxy) is 2. The molecule has 1 aromatic carbocycles. The van der Waals surface area contributed by atoms with Crippen LogP contribution in [-0.2, 0) is 4.79 Å². The van der Waals surface area contributed by atoms with Crippen molar-refractivity contribution in [3.05, 3.63) is 17.7 Å². The fraction of sp³-hybridized carbons (Fsp3) is 0.611. The summed E-state index contributed by atoms with van der Waals surface area (Å²) < 4.78 is 10.7. The van der Waals surface area contributed by atoms with Gasteiger partial charge in [-0.1, -0.05) is 12.8 Å². The van der Waals surface area contributed by atoms with Crippen LogP contribution in [0.4, 0.5) is 5.69 Å². The van der Waals surface area contributed by atoms with Crippen LogP contribution in [0, 0.1) is 18.3 Å². The molecule has 134 valence electrons. The van der Waals surface area contributed by atoms with Crippen LogP contribution in [0.25, 0.3) is 0 Å². The number of fused-ring (bicyclic) bond motifs is 1. The molecule has 0 bridgehead atoms. The third-order valence-corrected chi connectivity index (χ3v) is 5.47. The van der Waals surface area contributed by atoms with E-state index in [-0.39, 0.29) is 23.7 Å². The van der Waals surface area contributed by atoms with Crippen LogP contribution in [-0.4, -0.2) is 33.2 Å². The molecule has 2 aliphatic rings. The van der Waals surface area contributed by atoms with Gasteiger partial charge in [0.05, 0.1) is 19.6 Å². The van der Waals surface area contributed by atoms with Crippen molar-refractivity contribution >= 4 is 24.0 Å². The Bertz CT molecular complexity index is 608. The van der Waals surface area contributed by atoms with Crippen LogP contribution in [0.3, 0.4) is 0 Å². The van der Waals surface area contributed by atoms with E-state index >= 15 is 0 Å². The van der Waals surface area contributed by atoms with E-state index in [2.05, 4.69) is 10.6 Å². The van der Waals surface area contributed by atoms with E-state index in [1.807, 2.05) is 19.1 Å². The molecule has 0 spiro atoms. The molecule has 1 saturated heterocycles. The van der Waals surface area contributed by atoms with Crippen LogP contribution >= 0.6 is 12.4 Å². The number of amides is 1. The highest BCUT2D eigenvalue weighted by molar-refractivity contribution is 5.97. The first-order valence-corrected chi connectivity index (χ1v) is 8.35. The Morgan fingerprint density at radius 2 is 1.96 bits per heavy atom. The van der Waals surface area contributed by atoms with Gasteiger partial charge < -0.3 is 20.1 Å². The van der Waals surface area contributed by atoms with Crippen molar-refractivity contribution in [1.82, 2.24) is 5.32 Å². The van der Waals surface area contributed by atoms with Crippen molar-refractivity contribution in [1.29, 1.82) is 0 Å². The zero-order chi connectivity index (χ0) is 16.4. The summed E-state index contributed by atoms with van der Waals surface area (Å²) >= 11 is 0. The minimum absolute atomic E-state index is 0. The second-order valence-electron chi connectivity index (χ2n) is 6.71. The highest BCUT2D eigenvalue weighted by atomic mass is 35.5. The lowest BCUT2D eigenvalue weighted by Gasteiger charge is -2.37. The zero-order valence-corrected chi connectivity index (χ0v) is 15.4. The van der Waals surface area contributed by atoms with Crippen LogP contribution in [0.5, 0.6) is 11.5 Å². The zero-order valence-electron chi connectivity index (χ0n) is 14.6. The van der Waals surface area contributed by atoms with Gasteiger partial charge in [-0.05, 0) is 43.9 Å². The fourth-order valence-electron chi connectivity index (χ4n) is 4.05. The molecule has 1 aliphatic heterocycles. The number of carbonyl (C=O) groups is 1. The number of anilines is 1. The van der Waals surface area contributed by atoms with Gasteiger partial charge in [-0.25, -0.2) is 0 Å². The number of rotatable bonds is 4. The van der Waals surface area contributed by atoms with Gasteiger partial charge in [0.15, 0.2) is 11.5 Å². The molecule has 2 N–H and O–H groups in total. The molecule has 1 aromatic rings. The van der Waals surface area contributed by atoms with Gasteiger partial charge in [0, 0.05) is 18.3 Å². The molecule has 6 heteroatoms. The normalized spacial score (nSPS) is 25.4. The van der Waals surface area contributed by atoms with Crippen molar-refractivity contribution < 1.29 is 14.3 Å². The average Bonchev–Trinajstić information content (AvgIpc) is 3.01. The predicted octanol–water partition coefficient (Wildman–Crippen LogP) is 3.15. The summed E-state index contributed by atoms with van der Waals surface area (Å²) in [4.78, 5) is 13.1. The predicted molar refractivity (Wildman–Crippen MR) is 97.4 cm³/mol. The summed E-state index contributed by atoms with van der Waals surface area (Å²) in [6.07, 6.45) is 4.49. The average molecular weight is 355 g/mol. The molecule has 1 heterocycles. The number of carbonyl (C=O) groups excluding carboxylic acids is 1. The van der Waals surface area contributed by atoms with Gasteiger partial charge in [0.25, 0.3) is 0 Å². The van der Waals surface area contributed by atoms with Crippen LogP contribution in [0.1, 0.15) is 31.2 Å². The summed E-state index contributed by atoms with van der Waals surface area (Å²) in [5.74, 6) is 1.91. The lowest BCUT2D eigenvalue weighted by molar-refractivity contribution is -0.128. The lowest BCUT2D eigenvalue weighted by Crippen LogP contribution is -2.44. The Morgan fingerprint density at radius 1 is 1.25 bits per heavy atom. The molecule has 0 aromatic heterocycles. The summed E-state index contributed by atoms with van der Waals surface area (Å²) in [7, 11) is 3.22. The maximum absolute atomic E-state index is 13.1. The second-order valence-corrected chi connectivity index (χ2v) is 6.71. The number of benzene rings is 1. The molecule has 1 amide bonds. The molecule has 1 saturated carbocycles. The lowest BCUT2D eigenvalue weighted by atomic mass is 9.67. The first kappa shape index (κ1) is 18.9. The number of hydrogen-bond acceptors (Lipinski definition) is 4. The van der Waals surface area contributed by atoms with Crippen molar-refractivity contribution in [2.75, 3.05) is 32.6 Å². The van der Waals surface area contributed by atoms with E-state index < -0.39 is 0 Å². The van der Waals surface area contributed by atoms with E-state index in [1.54, 1.807) is 14.2 Å². The van der Waals surface area contributed by atoms with Crippen LogP contribution in [0.15, 0.2) is 12.1 Å². The number of hydrogen-bond donors (Lipinski definition) is 2. The highest BCUT2D eigenvalue weighted by Crippen LogP contribution is 2.45. The van der Waals surface area contributed by atoms with E-state index in [1.165, 1.54) is 6.42 Å². The Kier molecular flexibility index (Phi) is 5.99. The van der Waals surface area contributed by atoms with Crippen molar-refractivity contribution in [3.63, 3.8) is 0 Å². The number of halogens is 1. The van der Waals surface area contributed by atoms with Crippen LogP contribution in [0.2, 0.25) is 0 Å². The molecule has 0 unspecified atom stereocenters. The van der Waals surface area contributed by atoms with E-state index in [0.717, 1.165) is 43.6 Å².